The second-order valence-electron chi connectivity index (χ2n) is 3.43. The van der Waals surface area contributed by atoms with Crippen LogP contribution in [0.2, 0.25) is 0 Å². The summed E-state index contributed by atoms with van der Waals surface area (Å²) in [6, 6.07) is 17.2. The molecule has 0 amide bonds. The van der Waals surface area contributed by atoms with Crippen molar-refractivity contribution in [1.82, 2.24) is 0 Å². The van der Waals surface area contributed by atoms with Crippen molar-refractivity contribution in [3.05, 3.63) is 48.5 Å². The molecule has 0 radical (unpaired) electrons. The van der Waals surface area contributed by atoms with Crippen LogP contribution in [0.1, 0.15) is 0 Å². The molecule has 0 aliphatic rings. The third-order valence-corrected chi connectivity index (χ3v) is 4.01. The van der Waals surface area contributed by atoms with Crippen molar-refractivity contribution in [1.29, 1.82) is 0 Å². The maximum absolute atomic E-state index is 2.25. The van der Waals surface area contributed by atoms with Crippen molar-refractivity contribution < 1.29 is 0 Å². The van der Waals surface area contributed by atoms with Crippen LogP contribution in [0.5, 0.6) is 0 Å². The summed E-state index contributed by atoms with van der Waals surface area (Å²) in [5.41, 5.74) is 2.63. The molecule has 0 saturated carbocycles. The highest BCUT2D eigenvalue weighted by Crippen LogP contribution is 2.31. The number of hydrogen-bond donors (Lipinski definition) is 0. The summed E-state index contributed by atoms with van der Waals surface area (Å²) in [4.78, 5) is 2.65. The van der Waals surface area contributed by atoms with E-state index in [-0.39, 0.29) is 0 Å². The van der Waals surface area contributed by atoms with E-state index in [9.17, 15) is 0 Å². The summed E-state index contributed by atoms with van der Waals surface area (Å²) < 4.78 is 0. The maximum Gasteiger partial charge on any atom is 0.0148 e. The lowest BCUT2D eigenvalue weighted by Gasteiger charge is -2.08. The zero-order valence-corrected chi connectivity index (χ0v) is 11.1. The van der Waals surface area contributed by atoms with Crippen LogP contribution in [-0.4, -0.2) is 12.5 Å². The predicted octanol–water partition coefficient (Wildman–Crippen LogP) is 4.80. The molecule has 0 fully saturated rings. The van der Waals surface area contributed by atoms with E-state index in [2.05, 4.69) is 61.0 Å². The van der Waals surface area contributed by atoms with Crippen molar-refractivity contribution in [2.45, 2.75) is 9.79 Å². The molecule has 0 heterocycles. The molecule has 0 unspecified atom stereocenters. The van der Waals surface area contributed by atoms with Crippen molar-refractivity contribution in [2.75, 3.05) is 12.5 Å². The Morgan fingerprint density at radius 3 is 2.38 bits per heavy atom. The average molecular weight is 246 g/mol. The van der Waals surface area contributed by atoms with E-state index in [0.29, 0.717) is 0 Å². The van der Waals surface area contributed by atoms with Gasteiger partial charge in [-0.2, -0.15) is 0 Å². The van der Waals surface area contributed by atoms with Gasteiger partial charge in [0, 0.05) is 9.79 Å². The van der Waals surface area contributed by atoms with Gasteiger partial charge in [0.05, 0.1) is 0 Å². The Kier molecular flexibility index (Phi) is 3.97. The summed E-state index contributed by atoms with van der Waals surface area (Å²) >= 11 is 3.58. The van der Waals surface area contributed by atoms with Gasteiger partial charge in [0.1, 0.15) is 0 Å². The second kappa shape index (κ2) is 5.46. The molecule has 0 spiro atoms. The first kappa shape index (κ1) is 11.6. The molecule has 0 bridgehead atoms. The van der Waals surface area contributed by atoms with Gasteiger partial charge in [-0.15, -0.1) is 23.5 Å². The molecular formula is C14H14S2. The molecule has 0 atom stereocenters. The minimum Gasteiger partial charge on any atom is -0.130 e. The molecule has 0 aliphatic heterocycles. The van der Waals surface area contributed by atoms with Gasteiger partial charge in [-0.25, -0.2) is 0 Å². The van der Waals surface area contributed by atoms with Crippen LogP contribution in [-0.2, 0) is 0 Å². The lowest BCUT2D eigenvalue weighted by atomic mass is 10.1. The summed E-state index contributed by atoms with van der Waals surface area (Å²) in [6.07, 6.45) is 4.23. The fraction of sp³-hybridized carbons (Fsp3) is 0.143. The number of benzene rings is 2. The normalized spacial score (nSPS) is 10.4. The molecule has 0 aromatic heterocycles. The van der Waals surface area contributed by atoms with Gasteiger partial charge in [0.15, 0.2) is 0 Å². The average Bonchev–Trinajstić information content (AvgIpc) is 2.38. The smallest absolute Gasteiger partial charge is 0.0148 e. The van der Waals surface area contributed by atoms with E-state index in [0.717, 1.165) is 0 Å². The third-order valence-electron chi connectivity index (χ3n) is 2.49. The Labute approximate surface area is 105 Å². The predicted molar refractivity (Wildman–Crippen MR) is 75.4 cm³/mol. The van der Waals surface area contributed by atoms with Gasteiger partial charge in [0.2, 0.25) is 0 Å². The van der Waals surface area contributed by atoms with Crippen LogP contribution in [0.25, 0.3) is 11.1 Å². The van der Waals surface area contributed by atoms with Gasteiger partial charge < -0.3 is 0 Å². The standard InChI is InChI=1S/C14H14S2/c1-15-12-7-5-6-11(10-12)13-8-3-4-9-14(13)16-2/h3-10H,1-2H3. The zero-order valence-electron chi connectivity index (χ0n) is 9.44. The van der Waals surface area contributed by atoms with Gasteiger partial charge in [0.25, 0.3) is 0 Å². The third kappa shape index (κ3) is 2.45. The first-order valence-corrected chi connectivity index (χ1v) is 7.57. The molecule has 2 rings (SSSR count). The Hall–Kier alpha value is -0.860. The Morgan fingerprint density at radius 1 is 0.812 bits per heavy atom. The zero-order chi connectivity index (χ0) is 11.4. The molecule has 2 heteroatoms. The van der Waals surface area contributed by atoms with Gasteiger partial charge in [-0.3, -0.25) is 0 Å². The highest BCUT2D eigenvalue weighted by atomic mass is 32.2. The second-order valence-corrected chi connectivity index (χ2v) is 5.16. The number of rotatable bonds is 3. The first-order chi connectivity index (χ1) is 7.85. The van der Waals surface area contributed by atoms with Gasteiger partial charge in [-0.1, -0.05) is 30.3 Å². The Bertz CT molecular complexity index is 478. The Morgan fingerprint density at radius 2 is 1.62 bits per heavy atom. The minimum atomic E-state index is 1.30. The van der Waals surface area contributed by atoms with Crippen molar-refractivity contribution in [3.8, 4) is 11.1 Å². The SMILES string of the molecule is CSc1cccc(-c2ccccc2SC)c1. The minimum absolute atomic E-state index is 1.30. The molecule has 0 saturated heterocycles. The maximum atomic E-state index is 2.25. The molecule has 82 valence electrons. The van der Waals surface area contributed by atoms with Crippen LogP contribution in [0.3, 0.4) is 0 Å². The number of thioether (sulfide) groups is 2. The molecule has 0 aliphatic carbocycles. The first-order valence-electron chi connectivity index (χ1n) is 5.12. The summed E-state index contributed by atoms with van der Waals surface area (Å²) in [6.45, 7) is 0. The van der Waals surface area contributed by atoms with E-state index in [1.54, 1.807) is 23.5 Å². The van der Waals surface area contributed by atoms with E-state index < -0.39 is 0 Å². The number of hydrogen-bond acceptors (Lipinski definition) is 2. The fourth-order valence-electron chi connectivity index (χ4n) is 1.67. The topological polar surface area (TPSA) is 0 Å². The van der Waals surface area contributed by atoms with Crippen LogP contribution < -0.4 is 0 Å². The fourth-order valence-corrected chi connectivity index (χ4v) is 2.75. The summed E-state index contributed by atoms with van der Waals surface area (Å²) in [5.74, 6) is 0. The van der Waals surface area contributed by atoms with E-state index >= 15 is 0 Å². The lowest BCUT2D eigenvalue weighted by Crippen LogP contribution is -1.82. The van der Waals surface area contributed by atoms with E-state index in [1.165, 1.54) is 20.9 Å². The van der Waals surface area contributed by atoms with Crippen LogP contribution in [0, 0.1) is 0 Å². The molecular weight excluding hydrogens is 232 g/mol. The van der Waals surface area contributed by atoms with E-state index in [1.807, 2.05) is 0 Å². The van der Waals surface area contributed by atoms with Crippen LogP contribution >= 0.6 is 23.5 Å². The molecule has 16 heavy (non-hydrogen) atoms. The van der Waals surface area contributed by atoms with E-state index in [4.69, 9.17) is 0 Å². The summed E-state index contributed by atoms with van der Waals surface area (Å²) in [5, 5.41) is 0. The molecule has 2 aromatic carbocycles. The van der Waals surface area contributed by atoms with Crippen molar-refractivity contribution >= 4 is 23.5 Å². The quantitative estimate of drug-likeness (QED) is 0.714. The van der Waals surface area contributed by atoms with Gasteiger partial charge >= 0.3 is 0 Å². The van der Waals surface area contributed by atoms with Crippen LogP contribution in [0.4, 0.5) is 0 Å². The largest absolute Gasteiger partial charge is 0.130 e. The molecule has 2 aromatic rings. The lowest BCUT2D eigenvalue weighted by molar-refractivity contribution is 1.40. The highest BCUT2D eigenvalue weighted by Gasteiger charge is 2.03. The van der Waals surface area contributed by atoms with Crippen LogP contribution in [0.15, 0.2) is 58.3 Å². The van der Waals surface area contributed by atoms with Crippen molar-refractivity contribution in [2.24, 2.45) is 0 Å². The monoisotopic (exact) mass is 246 g/mol. The van der Waals surface area contributed by atoms with Crippen molar-refractivity contribution in [3.63, 3.8) is 0 Å². The highest BCUT2D eigenvalue weighted by molar-refractivity contribution is 7.99. The molecule has 0 nitrogen and oxygen atoms in total. The summed E-state index contributed by atoms with van der Waals surface area (Å²) in [7, 11) is 0. The molecule has 0 N–H and O–H groups in total. The Balaban J connectivity index is 2.49. The van der Waals surface area contributed by atoms with Gasteiger partial charge in [-0.05, 0) is 41.8 Å².